The fraction of sp³-hybridized carbons (Fsp3) is 0.300. The van der Waals surface area contributed by atoms with Crippen LogP contribution in [0.5, 0.6) is 0 Å². The van der Waals surface area contributed by atoms with Gasteiger partial charge in [-0.05, 0) is 43.2 Å². The van der Waals surface area contributed by atoms with Crippen LogP contribution >= 0.6 is 0 Å². The zero-order valence-corrected chi connectivity index (χ0v) is 17.5. The molecule has 1 aliphatic rings. The highest BCUT2D eigenvalue weighted by Gasteiger charge is 2.18. The zero-order chi connectivity index (χ0) is 21.8. The number of amidine groups is 1. The summed E-state index contributed by atoms with van der Waals surface area (Å²) >= 11 is 0. The summed E-state index contributed by atoms with van der Waals surface area (Å²) in [5.41, 5.74) is 0.295. The van der Waals surface area contributed by atoms with Crippen LogP contribution in [0.1, 0.15) is 25.7 Å². The van der Waals surface area contributed by atoms with Crippen LogP contribution in [0.15, 0.2) is 63.3 Å². The van der Waals surface area contributed by atoms with E-state index < -0.39 is 21.6 Å². The smallest absolute Gasteiger partial charge is 0.324 e. The summed E-state index contributed by atoms with van der Waals surface area (Å²) in [4.78, 5) is 29.0. The average molecular weight is 443 g/mol. The van der Waals surface area contributed by atoms with Crippen molar-refractivity contribution in [3.05, 3.63) is 59.1 Å². The predicted octanol–water partition coefficient (Wildman–Crippen LogP) is 1.39. The Bertz CT molecular complexity index is 1310. The number of aromatic nitrogens is 3. The molecule has 0 radical (unpaired) electrons. The van der Waals surface area contributed by atoms with Crippen LogP contribution in [0.4, 0.5) is 5.69 Å². The molecular formula is C20H22N6O4S. The second-order valence-corrected chi connectivity index (χ2v) is 8.87. The molecule has 10 nitrogen and oxygen atoms in total. The molecule has 0 bridgehead atoms. The predicted molar refractivity (Wildman–Crippen MR) is 116 cm³/mol. The quantitative estimate of drug-likeness (QED) is 0.617. The van der Waals surface area contributed by atoms with E-state index in [0.29, 0.717) is 30.1 Å². The number of benzene rings is 1. The molecule has 0 fully saturated rings. The summed E-state index contributed by atoms with van der Waals surface area (Å²) in [6, 6.07) is 11.0. The Morgan fingerprint density at radius 2 is 1.97 bits per heavy atom. The van der Waals surface area contributed by atoms with Gasteiger partial charge in [0, 0.05) is 24.8 Å². The number of hydrogen-bond acceptors (Lipinski definition) is 6. The van der Waals surface area contributed by atoms with E-state index in [1.165, 1.54) is 22.6 Å². The first-order chi connectivity index (χ1) is 14.9. The maximum absolute atomic E-state index is 12.7. The third-order valence-electron chi connectivity index (χ3n) is 4.84. The minimum atomic E-state index is -3.82. The molecule has 1 amide bonds. The van der Waals surface area contributed by atoms with Crippen molar-refractivity contribution in [1.82, 2.24) is 18.9 Å². The van der Waals surface area contributed by atoms with Crippen LogP contribution in [0.25, 0.3) is 5.65 Å². The summed E-state index contributed by atoms with van der Waals surface area (Å²) < 4.78 is 30.4. The molecule has 11 heteroatoms. The van der Waals surface area contributed by atoms with Crippen LogP contribution in [0.2, 0.25) is 0 Å². The molecule has 0 atom stereocenters. The van der Waals surface area contributed by atoms with Gasteiger partial charge >= 0.3 is 5.69 Å². The minimum absolute atomic E-state index is 0.0159. The summed E-state index contributed by atoms with van der Waals surface area (Å²) in [7, 11) is -3.82. The standard InChI is InChI=1S/C20H22N6O4S/c27-19(14-26-20(28)25-12-5-3-10-18(25)23-26)22-15-7-6-8-16(13-15)31(29,30)24-17-9-2-1-4-11-21-17/h3,5-8,10,12-13H,1-2,4,9,11,14H2,(H,21,24)(H,22,27). The van der Waals surface area contributed by atoms with Gasteiger partial charge in [-0.3, -0.25) is 18.9 Å². The molecule has 1 aromatic carbocycles. The van der Waals surface area contributed by atoms with Crippen LogP contribution in [0, 0.1) is 0 Å². The number of fused-ring (bicyclic) bond motifs is 1. The summed E-state index contributed by atoms with van der Waals surface area (Å²) in [6.45, 7) is 0.308. The van der Waals surface area contributed by atoms with Crippen molar-refractivity contribution in [2.75, 3.05) is 11.9 Å². The number of hydrogen-bond donors (Lipinski definition) is 2. The largest absolute Gasteiger partial charge is 0.350 e. The number of nitrogens with zero attached hydrogens (tertiary/aromatic N) is 4. The van der Waals surface area contributed by atoms with Gasteiger partial charge in [-0.1, -0.05) is 18.6 Å². The number of nitrogens with one attached hydrogen (secondary N) is 2. The van der Waals surface area contributed by atoms with E-state index in [-0.39, 0.29) is 11.4 Å². The Kier molecular flexibility index (Phi) is 5.85. The minimum Gasteiger partial charge on any atom is -0.324 e. The normalized spacial score (nSPS) is 14.6. The van der Waals surface area contributed by atoms with Gasteiger partial charge in [0.05, 0.1) is 4.90 Å². The number of aliphatic imine (C=N–C) groups is 1. The maximum atomic E-state index is 12.7. The Morgan fingerprint density at radius 1 is 1.10 bits per heavy atom. The summed E-state index contributed by atoms with van der Waals surface area (Å²) in [5.74, 6) is -0.0423. The van der Waals surface area contributed by atoms with E-state index in [1.54, 1.807) is 30.5 Å². The lowest BCUT2D eigenvalue weighted by Gasteiger charge is -2.11. The highest BCUT2D eigenvalue weighted by atomic mass is 32.2. The van der Waals surface area contributed by atoms with Crippen molar-refractivity contribution in [1.29, 1.82) is 0 Å². The molecule has 0 aliphatic carbocycles. The van der Waals surface area contributed by atoms with Gasteiger partial charge in [0.2, 0.25) is 5.91 Å². The zero-order valence-electron chi connectivity index (χ0n) is 16.7. The van der Waals surface area contributed by atoms with Crippen LogP contribution in [-0.2, 0) is 21.4 Å². The Hall–Kier alpha value is -3.47. The molecule has 3 heterocycles. The third-order valence-corrected chi connectivity index (χ3v) is 6.22. The Balaban J connectivity index is 1.47. The first-order valence-electron chi connectivity index (χ1n) is 9.93. The van der Waals surface area contributed by atoms with E-state index in [4.69, 9.17) is 0 Å². The lowest BCUT2D eigenvalue weighted by Crippen LogP contribution is -2.31. The number of pyridine rings is 1. The van der Waals surface area contributed by atoms with Crippen molar-refractivity contribution in [2.24, 2.45) is 4.99 Å². The van der Waals surface area contributed by atoms with Gasteiger partial charge in [-0.2, -0.15) is 0 Å². The highest BCUT2D eigenvalue weighted by Crippen LogP contribution is 2.16. The van der Waals surface area contributed by atoms with Gasteiger partial charge in [-0.15, -0.1) is 5.10 Å². The van der Waals surface area contributed by atoms with Crippen LogP contribution < -0.4 is 15.7 Å². The van der Waals surface area contributed by atoms with Crippen molar-refractivity contribution < 1.29 is 13.2 Å². The molecule has 4 rings (SSSR count). The average Bonchev–Trinajstić information content (AvgIpc) is 2.90. The molecule has 2 aromatic heterocycles. The summed E-state index contributed by atoms with van der Waals surface area (Å²) in [6.07, 6.45) is 5.01. The molecular weight excluding hydrogens is 420 g/mol. The number of anilines is 1. The van der Waals surface area contributed by atoms with Gasteiger partial charge in [-0.25, -0.2) is 17.9 Å². The second kappa shape index (κ2) is 8.72. The van der Waals surface area contributed by atoms with Gasteiger partial charge < -0.3 is 5.32 Å². The number of carbonyl (C=O) groups excluding carboxylic acids is 1. The van der Waals surface area contributed by atoms with Gasteiger partial charge in [0.25, 0.3) is 10.0 Å². The van der Waals surface area contributed by atoms with E-state index in [0.717, 1.165) is 23.9 Å². The van der Waals surface area contributed by atoms with Crippen molar-refractivity contribution in [3.63, 3.8) is 0 Å². The molecule has 0 saturated carbocycles. The molecule has 31 heavy (non-hydrogen) atoms. The third kappa shape index (κ3) is 4.82. The first-order valence-corrected chi connectivity index (χ1v) is 11.4. The van der Waals surface area contributed by atoms with Crippen LogP contribution in [-0.4, -0.2) is 40.9 Å². The molecule has 3 aromatic rings. The summed E-state index contributed by atoms with van der Waals surface area (Å²) in [5, 5.41) is 6.73. The van der Waals surface area contributed by atoms with Crippen molar-refractivity contribution in [3.8, 4) is 0 Å². The van der Waals surface area contributed by atoms with E-state index in [1.807, 2.05) is 0 Å². The van der Waals surface area contributed by atoms with Gasteiger partial charge in [0.15, 0.2) is 5.65 Å². The lowest BCUT2D eigenvalue weighted by molar-refractivity contribution is -0.117. The van der Waals surface area contributed by atoms with Gasteiger partial charge in [0.1, 0.15) is 12.4 Å². The monoisotopic (exact) mass is 442 g/mol. The van der Waals surface area contributed by atoms with Crippen LogP contribution in [0.3, 0.4) is 0 Å². The van der Waals surface area contributed by atoms with Crippen molar-refractivity contribution in [2.45, 2.75) is 37.1 Å². The Morgan fingerprint density at radius 3 is 2.81 bits per heavy atom. The molecule has 0 saturated heterocycles. The number of rotatable bonds is 5. The molecule has 1 aliphatic heterocycles. The maximum Gasteiger partial charge on any atom is 0.350 e. The molecule has 162 valence electrons. The number of amides is 1. The lowest BCUT2D eigenvalue weighted by atomic mass is 10.2. The fourth-order valence-corrected chi connectivity index (χ4v) is 4.45. The molecule has 0 spiro atoms. The highest BCUT2D eigenvalue weighted by molar-refractivity contribution is 7.90. The van der Waals surface area contributed by atoms with E-state index in [9.17, 15) is 18.0 Å². The molecule has 0 unspecified atom stereocenters. The topological polar surface area (TPSA) is 127 Å². The van der Waals surface area contributed by atoms with E-state index >= 15 is 0 Å². The SMILES string of the molecule is O=C(Cn1nc2ccccn2c1=O)Nc1cccc(S(=O)(=O)NC2=NCCCCC2)c1. The second-order valence-electron chi connectivity index (χ2n) is 7.19. The Labute approximate surface area is 178 Å². The first kappa shape index (κ1) is 20.8. The van der Waals surface area contributed by atoms with Crippen molar-refractivity contribution >= 4 is 33.1 Å². The number of sulfonamides is 1. The fourth-order valence-electron chi connectivity index (χ4n) is 3.32. The molecule has 2 N–H and O–H groups in total. The van der Waals surface area contributed by atoms with E-state index in [2.05, 4.69) is 20.1 Å². The number of carbonyl (C=O) groups is 1.